The number of carbonyl (C=O) groups excluding carboxylic acids is 1. The van der Waals surface area contributed by atoms with Crippen molar-refractivity contribution in [2.24, 2.45) is 0 Å². The van der Waals surface area contributed by atoms with Crippen LogP contribution >= 0.6 is 0 Å². The zero-order valence-electron chi connectivity index (χ0n) is 14.4. The Bertz CT molecular complexity index is 973. The molecular formula is C17H15F2N5O4. The van der Waals surface area contributed by atoms with Crippen LogP contribution in [0.5, 0.6) is 5.75 Å². The van der Waals surface area contributed by atoms with Crippen LogP contribution in [-0.4, -0.2) is 38.8 Å². The molecule has 146 valence electrons. The summed E-state index contributed by atoms with van der Waals surface area (Å²) in [7, 11) is 0. The zero-order chi connectivity index (χ0) is 19.9. The van der Waals surface area contributed by atoms with Gasteiger partial charge >= 0.3 is 12.4 Å². The summed E-state index contributed by atoms with van der Waals surface area (Å²) in [5.41, 5.74) is 0.822. The van der Waals surface area contributed by atoms with Gasteiger partial charge in [-0.25, -0.2) is 19.3 Å². The normalized spacial score (nSPS) is 10.8. The molecule has 1 aromatic carbocycles. The number of rotatable bonds is 8. The van der Waals surface area contributed by atoms with Gasteiger partial charge in [0, 0.05) is 18.9 Å². The van der Waals surface area contributed by atoms with Crippen LogP contribution in [0.15, 0.2) is 52.0 Å². The maximum Gasteiger partial charge on any atom is 0.442 e. The second kappa shape index (κ2) is 8.84. The van der Waals surface area contributed by atoms with Crippen molar-refractivity contribution in [1.82, 2.24) is 25.0 Å². The molecular weight excluding hydrogens is 376 g/mol. The van der Waals surface area contributed by atoms with Crippen LogP contribution in [-0.2, 0) is 17.8 Å². The van der Waals surface area contributed by atoms with Crippen LogP contribution in [0, 0.1) is 0 Å². The number of benzene rings is 1. The van der Waals surface area contributed by atoms with Crippen molar-refractivity contribution in [2.45, 2.75) is 19.6 Å². The number of carbonyl (C=O) groups is 1. The molecule has 3 rings (SSSR count). The number of hydrogen-bond donors (Lipinski definition) is 1. The lowest BCUT2D eigenvalue weighted by Gasteiger charge is -2.08. The highest BCUT2D eigenvalue weighted by Crippen LogP contribution is 2.15. The molecule has 0 bridgehead atoms. The van der Waals surface area contributed by atoms with Gasteiger partial charge in [0.2, 0.25) is 11.7 Å². The van der Waals surface area contributed by atoms with E-state index in [1.165, 1.54) is 24.5 Å². The minimum absolute atomic E-state index is 0.0513. The minimum atomic E-state index is -2.88. The number of nitrogens with zero attached hydrogens (tertiary/aromatic N) is 4. The molecule has 0 fully saturated rings. The zero-order valence-corrected chi connectivity index (χ0v) is 14.4. The fourth-order valence-corrected chi connectivity index (χ4v) is 2.37. The van der Waals surface area contributed by atoms with Crippen LogP contribution in [0.1, 0.15) is 5.56 Å². The second-order valence-corrected chi connectivity index (χ2v) is 5.55. The highest BCUT2D eigenvalue weighted by Gasteiger charge is 2.17. The maximum absolute atomic E-state index is 12.1. The van der Waals surface area contributed by atoms with Crippen molar-refractivity contribution in [2.75, 3.05) is 6.54 Å². The predicted octanol–water partition coefficient (Wildman–Crippen LogP) is 1.25. The average molecular weight is 391 g/mol. The first kappa shape index (κ1) is 19.1. The lowest BCUT2D eigenvalue weighted by molar-refractivity contribution is -0.121. The van der Waals surface area contributed by atoms with Gasteiger partial charge in [-0.05, 0) is 30.2 Å². The van der Waals surface area contributed by atoms with Crippen LogP contribution < -0.4 is 15.8 Å². The Morgan fingerprint density at radius 1 is 1.21 bits per heavy atom. The maximum atomic E-state index is 12.1. The SMILES string of the molecule is O=C(Cn1c(-c2ncccn2)noc1=O)NCCc1ccc(OC(F)F)cc1. The summed E-state index contributed by atoms with van der Waals surface area (Å²) in [4.78, 5) is 31.9. The summed E-state index contributed by atoms with van der Waals surface area (Å²) in [5.74, 6) is -0.958. The predicted molar refractivity (Wildman–Crippen MR) is 91.6 cm³/mol. The number of hydrogen-bond acceptors (Lipinski definition) is 7. The van der Waals surface area contributed by atoms with Gasteiger partial charge in [0.1, 0.15) is 12.3 Å². The largest absolute Gasteiger partial charge is 0.442 e. The molecule has 1 amide bonds. The van der Waals surface area contributed by atoms with E-state index in [0.717, 1.165) is 10.1 Å². The Balaban J connectivity index is 1.54. The van der Waals surface area contributed by atoms with Crippen LogP contribution in [0.3, 0.4) is 0 Å². The number of amides is 1. The third kappa shape index (κ3) is 4.96. The molecule has 11 heteroatoms. The van der Waals surface area contributed by atoms with E-state index < -0.39 is 18.3 Å². The van der Waals surface area contributed by atoms with E-state index in [2.05, 4.69) is 29.7 Å². The smallest absolute Gasteiger partial charge is 0.435 e. The summed E-state index contributed by atoms with van der Waals surface area (Å²) in [5, 5.41) is 6.26. The van der Waals surface area contributed by atoms with Crippen molar-refractivity contribution < 1.29 is 22.8 Å². The average Bonchev–Trinajstić information content (AvgIpc) is 3.04. The van der Waals surface area contributed by atoms with Crippen LogP contribution in [0.2, 0.25) is 0 Å². The Hall–Kier alpha value is -3.63. The molecule has 0 spiro atoms. The number of aromatic nitrogens is 4. The van der Waals surface area contributed by atoms with Crippen LogP contribution in [0.25, 0.3) is 11.6 Å². The molecule has 0 saturated carbocycles. The van der Waals surface area contributed by atoms with Gasteiger partial charge in [-0.15, -0.1) is 0 Å². The summed E-state index contributed by atoms with van der Waals surface area (Å²) < 4.78 is 34.1. The quantitative estimate of drug-likeness (QED) is 0.615. The Labute approximate surface area is 157 Å². The van der Waals surface area contributed by atoms with Crippen molar-refractivity contribution in [1.29, 1.82) is 0 Å². The molecule has 0 aliphatic heterocycles. The van der Waals surface area contributed by atoms with Gasteiger partial charge in [-0.3, -0.25) is 9.32 Å². The highest BCUT2D eigenvalue weighted by atomic mass is 19.3. The first-order valence-corrected chi connectivity index (χ1v) is 8.17. The van der Waals surface area contributed by atoms with Crippen molar-refractivity contribution in [3.8, 4) is 17.4 Å². The number of nitrogens with one attached hydrogen (secondary N) is 1. The van der Waals surface area contributed by atoms with Gasteiger partial charge in [0.05, 0.1) is 0 Å². The van der Waals surface area contributed by atoms with E-state index in [0.29, 0.717) is 6.42 Å². The summed E-state index contributed by atoms with van der Waals surface area (Å²) >= 11 is 0. The molecule has 0 saturated heterocycles. The summed E-state index contributed by atoms with van der Waals surface area (Å²) in [6.07, 6.45) is 3.42. The Kier molecular flexibility index (Phi) is 6.04. The van der Waals surface area contributed by atoms with Gasteiger partial charge in [0.15, 0.2) is 5.82 Å². The number of ether oxygens (including phenoxy) is 1. The molecule has 0 aliphatic carbocycles. The van der Waals surface area contributed by atoms with Crippen molar-refractivity contribution in [3.63, 3.8) is 0 Å². The molecule has 0 atom stereocenters. The lowest BCUT2D eigenvalue weighted by Crippen LogP contribution is -2.32. The van der Waals surface area contributed by atoms with E-state index in [1.54, 1.807) is 18.2 Å². The van der Waals surface area contributed by atoms with Gasteiger partial charge in [0.25, 0.3) is 0 Å². The molecule has 2 aromatic heterocycles. The van der Waals surface area contributed by atoms with Gasteiger partial charge in [-0.1, -0.05) is 17.3 Å². The number of halogens is 2. The molecule has 0 unspecified atom stereocenters. The highest BCUT2D eigenvalue weighted by molar-refractivity contribution is 5.76. The van der Waals surface area contributed by atoms with E-state index in [1.807, 2.05) is 0 Å². The Morgan fingerprint density at radius 3 is 2.61 bits per heavy atom. The number of alkyl halides is 2. The summed E-state index contributed by atoms with van der Waals surface area (Å²) in [6.45, 7) is -2.90. The van der Waals surface area contributed by atoms with Gasteiger partial charge < -0.3 is 10.1 Å². The Morgan fingerprint density at radius 2 is 1.93 bits per heavy atom. The first-order chi connectivity index (χ1) is 13.5. The molecule has 0 radical (unpaired) electrons. The topological polar surface area (TPSA) is 112 Å². The van der Waals surface area contributed by atoms with E-state index in [-0.39, 0.29) is 30.5 Å². The lowest BCUT2D eigenvalue weighted by atomic mass is 10.1. The van der Waals surface area contributed by atoms with E-state index >= 15 is 0 Å². The molecule has 1 N–H and O–H groups in total. The third-order valence-electron chi connectivity index (χ3n) is 3.64. The molecule has 9 nitrogen and oxygen atoms in total. The monoisotopic (exact) mass is 391 g/mol. The second-order valence-electron chi connectivity index (χ2n) is 5.55. The van der Waals surface area contributed by atoms with Crippen LogP contribution in [0.4, 0.5) is 8.78 Å². The van der Waals surface area contributed by atoms with E-state index in [9.17, 15) is 18.4 Å². The molecule has 0 aliphatic rings. The molecule has 2 heterocycles. The molecule has 28 heavy (non-hydrogen) atoms. The third-order valence-corrected chi connectivity index (χ3v) is 3.64. The van der Waals surface area contributed by atoms with Gasteiger partial charge in [-0.2, -0.15) is 8.78 Å². The van der Waals surface area contributed by atoms with Crippen molar-refractivity contribution >= 4 is 5.91 Å². The fourth-order valence-electron chi connectivity index (χ4n) is 2.37. The fraction of sp³-hybridized carbons (Fsp3) is 0.235. The standard InChI is InChI=1S/C17H15F2N5O4/c18-16(19)27-12-4-2-11(3-5-12)6-9-20-13(25)10-24-15(23-28-17(24)26)14-21-7-1-8-22-14/h1-5,7-8,16H,6,9-10H2,(H,20,25). The minimum Gasteiger partial charge on any atom is -0.435 e. The first-order valence-electron chi connectivity index (χ1n) is 8.17. The van der Waals surface area contributed by atoms with E-state index in [4.69, 9.17) is 0 Å². The molecule has 3 aromatic rings. The summed E-state index contributed by atoms with van der Waals surface area (Å²) in [6, 6.07) is 7.70. The van der Waals surface area contributed by atoms with Crippen molar-refractivity contribution in [3.05, 3.63) is 58.8 Å².